The molecule has 0 radical (unpaired) electrons. The summed E-state index contributed by atoms with van der Waals surface area (Å²) in [5, 5.41) is 6.33. The summed E-state index contributed by atoms with van der Waals surface area (Å²) in [5.74, 6) is 1.67. The van der Waals surface area contributed by atoms with Gasteiger partial charge in [0.1, 0.15) is 0 Å². The molecule has 1 amide bonds. The Balaban J connectivity index is 0.00000338. The normalized spacial score (nSPS) is 18.2. The Morgan fingerprint density at radius 1 is 1.35 bits per heavy atom. The number of guanidine groups is 1. The zero-order valence-electron chi connectivity index (χ0n) is 16.2. The molecule has 2 atom stereocenters. The molecule has 2 N–H and O–H groups in total. The summed E-state index contributed by atoms with van der Waals surface area (Å²) in [6.07, 6.45) is 3.73. The monoisotopic (exact) mass is 472 g/mol. The van der Waals surface area contributed by atoms with Crippen LogP contribution in [0.2, 0.25) is 0 Å². The van der Waals surface area contributed by atoms with Crippen molar-refractivity contribution in [1.29, 1.82) is 0 Å². The van der Waals surface area contributed by atoms with E-state index in [0.29, 0.717) is 18.9 Å². The minimum absolute atomic E-state index is 0. The van der Waals surface area contributed by atoms with Crippen molar-refractivity contribution in [2.75, 3.05) is 26.7 Å². The van der Waals surface area contributed by atoms with Gasteiger partial charge in [-0.25, -0.2) is 0 Å². The van der Waals surface area contributed by atoms with E-state index in [4.69, 9.17) is 0 Å². The molecule has 0 aliphatic carbocycles. The van der Waals surface area contributed by atoms with Crippen molar-refractivity contribution in [2.24, 2.45) is 10.9 Å². The van der Waals surface area contributed by atoms with Gasteiger partial charge in [-0.05, 0) is 37.7 Å². The van der Waals surface area contributed by atoms with Crippen molar-refractivity contribution in [3.05, 3.63) is 35.9 Å². The SMILES string of the molecule is CCC(C)NC(=O)CCNC(=NC)N1CCC(Cc2ccccc2)C1.I. The summed E-state index contributed by atoms with van der Waals surface area (Å²) in [6.45, 7) is 6.77. The fourth-order valence-electron chi connectivity index (χ4n) is 3.21. The summed E-state index contributed by atoms with van der Waals surface area (Å²) >= 11 is 0. The number of nitrogens with zero attached hydrogens (tertiary/aromatic N) is 2. The Kier molecular flexibility index (Phi) is 10.6. The van der Waals surface area contributed by atoms with Gasteiger partial charge in [0.15, 0.2) is 5.96 Å². The molecule has 6 heteroatoms. The zero-order chi connectivity index (χ0) is 18.1. The first-order chi connectivity index (χ1) is 12.1. The first-order valence-electron chi connectivity index (χ1n) is 9.41. The summed E-state index contributed by atoms with van der Waals surface area (Å²) in [4.78, 5) is 18.5. The molecule has 0 saturated carbocycles. The minimum Gasteiger partial charge on any atom is -0.356 e. The van der Waals surface area contributed by atoms with Crippen molar-refractivity contribution in [3.8, 4) is 0 Å². The third-order valence-electron chi connectivity index (χ3n) is 4.82. The van der Waals surface area contributed by atoms with Gasteiger partial charge in [0.2, 0.25) is 5.91 Å². The maximum absolute atomic E-state index is 11.9. The van der Waals surface area contributed by atoms with Crippen LogP contribution < -0.4 is 10.6 Å². The van der Waals surface area contributed by atoms with Gasteiger partial charge in [-0.2, -0.15) is 0 Å². The number of amides is 1. The van der Waals surface area contributed by atoms with Gasteiger partial charge in [-0.15, -0.1) is 24.0 Å². The molecule has 1 aliphatic heterocycles. The van der Waals surface area contributed by atoms with Crippen molar-refractivity contribution < 1.29 is 4.79 Å². The van der Waals surface area contributed by atoms with Crippen molar-refractivity contribution >= 4 is 35.8 Å². The number of carbonyl (C=O) groups is 1. The summed E-state index contributed by atoms with van der Waals surface area (Å²) in [7, 11) is 1.81. The number of nitrogens with one attached hydrogen (secondary N) is 2. The average molecular weight is 472 g/mol. The molecule has 2 rings (SSSR count). The van der Waals surface area contributed by atoms with Gasteiger partial charge in [0, 0.05) is 39.1 Å². The highest BCUT2D eigenvalue weighted by Gasteiger charge is 2.24. The van der Waals surface area contributed by atoms with Crippen LogP contribution >= 0.6 is 24.0 Å². The molecule has 0 bridgehead atoms. The van der Waals surface area contributed by atoms with E-state index in [1.54, 1.807) is 0 Å². The number of halogens is 1. The molecule has 146 valence electrons. The number of benzene rings is 1. The highest BCUT2D eigenvalue weighted by Crippen LogP contribution is 2.20. The third kappa shape index (κ3) is 7.51. The van der Waals surface area contributed by atoms with Crippen LogP contribution in [0, 0.1) is 5.92 Å². The zero-order valence-corrected chi connectivity index (χ0v) is 18.5. The molecule has 2 unspecified atom stereocenters. The number of rotatable bonds is 7. The lowest BCUT2D eigenvalue weighted by atomic mass is 9.99. The Bertz CT molecular complexity index is 564. The number of likely N-dealkylation sites (tertiary alicyclic amines) is 1. The van der Waals surface area contributed by atoms with Gasteiger partial charge in [0.05, 0.1) is 0 Å². The first-order valence-corrected chi connectivity index (χ1v) is 9.41. The molecule has 1 aromatic carbocycles. The largest absolute Gasteiger partial charge is 0.356 e. The standard InChI is InChI=1S/C20H32N4O.HI/c1-4-16(2)23-19(25)10-12-22-20(21-3)24-13-11-18(15-24)14-17-8-6-5-7-9-17;/h5-9,16,18H,4,10-15H2,1-3H3,(H,21,22)(H,23,25);1H. The first kappa shape index (κ1) is 22.7. The molecule has 0 spiro atoms. The van der Waals surface area contributed by atoms with Crippen molar-refractivity contribution in [2.45, 2.75) is 45.6 Å². The van der Waals surface area contributed by atoms with Crippen LogP contribution in [0.4, 0.5) is 0 Å². The molecule has 0 aromatic heterocycles. The van der Waals surface area contributed by atoms with Gasteiger partial charge >= 0.3 is 0 Å². The molecular formula is C20H33IN4O. The van der Waals surface area contributed by atoms with E-state index in [2.05, 4.69) is 57.8 Å². The second kappa shape index (κ2) is 12.1. The lowest BCUT2D eigenvalue weighted by Gasteiger charge is -2.22. The molecule has 1 fully saturated rings. The molecule has 5 nitrogen and oxygen atoms in total. The second-order valence-electron chi connectivity index (χ2n) is 6.89. The Labute approximate surface area is 175 Å². The summed E-state index contributed by atoms with van der Waals surface area (Å²) in [6, 6.07) is 10.9. The molecule has 1 aromatic rings. The van der Waals surface area contributed by atoms with Crippen LogP contribution in [0.1, 0.15) is 38.7 Å². The molecule has 1 saturated heterocycles. The van der Waals surface area contributed by atoms with E-state index in [-0.39, 0.29) is 35.9 Å². The van der Waals surface area contributed by atoms with E-state index in [0.717, 1.165) is 31.9 Å². The lowest BCUT2D eigenvalue weighted by molar-refractivity contribution is -0.121. The third-order valence-corrected chi connectivity index (χ3v) is 4.82. The molecular weight excluding hydrogens is 439 g/mol. The van der Waals surface area contributed by atoms with E-state index in [1.165, 1.54) is 12.0 Å². The maximum Gasteiger partial charge on any atom is 0.221 e. The number of hydrogen-bond donors (Lipinski definition) is 2. The smallest absolute Gasteiger partial charge is 0.221 e. The van der Waals surface area contributed by atoms with Crippen LogP contribution in [0.3, 0.4) is 0 Å². The van der Waals surface area contributed by atoms with Crippen LogP contribution in [0.5, 0.6) is 0 Å². The van der Waals surface area contributed by atoms with E-state index in [1.807, 2.05) is 14.0 Å². The highest BCUT2D eigenvalue weighted by atomic mass is 127. The molecule has 1 aliphatic rings. The van der Waals surface area contributed by atoms with Crippen LogP contribution in [0.15, 0.2) is 35.3 Å². The topological polar surface area (TPSA) is 56.7 Å². The highest BCUT2D eigenvalue weighted by molar-refractivity contribution is 14.0. The van der Waals surface area contributed by atoms with Gasteiger partial charge in [0.25, 0.3) is 0 Å². The fourth-order valence-corrected chi connectivity index (χ4v) is 3.21. The lowest BCUT2D eigenvalue weighted by Crippen LogP contribution is -2.42. The van der Waals surface area contributed by atoms with Crippen molar-refractivity contribution in [1.82, 2.24) is 15.5 Å². The predicted octanol–water partition coefficient (Wildman–Crippen LogP) is 3.05. The van der Waals surface area contributed by atoms with Gasteiger partial charge < -0.3 is 15.5 Å². The quantitative estimate of drug-likeness (QED) is 0.365. The maximum atomic E-state index is 11.9. The molecule has 26 heavy (non-hydrogen) atoms. The second-order valence-corrected chi connectivity index (χ2v) is 6.89. The Hall–Kier alpha value is -1.31. The summed E-state index contributed by atoms with van der Waals surface area (Å²) in [5.41, 5.74) is 1.40. The van der Waals surface area contributed by atoms with Crippen LogP contribution in [-0.4, -0.2) is 49.5 Å². The van der Waals surface area contributed by atoms with E-state index in [9.17, 15) is 4.79 Å². The number of carbonyl (C=O) groups excluding carboxylic acids is 1. The fraction of sp³-hybridized carbons (Fsp3) is 0.600. The van der Waals surface area contributed by atoms with Crippen LogP contribution in [-0.2, 0) is 11.2 Å². The Morgan fingerprint density at radius 2 is 2.08 bits per heavy atom. The van der Waals surface area contributed by atoms with E-state index >= 15 is 0 Å². The number of hydrogen-bond acceptors (Lipinski definition) is 2. The van der Waals surface area contributed by atoms with Gasteiger partial charge in [-0.1, -0.05) is 37.3 Å². The van der Waals surface area contributed by atoms with Crippen LogP contribution in [0.25, 0.3) is 0 Å². The summed E-state index contributed by atoms with van der Waals surface area (Å²) < 4.78 is 0. The number of aliphatic imine (C=N–C) groups is 1. The van der Waals surface area contributed by atoms with Crippen molar-refractivity contribution in [3.63, 3.8) is 0 Å². The van der Waals surface area contributed by atoms with Gasteiger partial charge in [-0.3, -0.25) is 9.79 Å². The molecule has 1 heterocycles. The van der Waals surface area contributed by atoms with E-state index < -0.39 is 0 Å². The minimum atomic E-state index is 0. The predicted molar refractivity (Wildman–Crippen MR) is 119 cm³/mol. The average Bonchev–Trinajstić information content (AvgIpc) is 3.07. The Morgan fingerprint density at radius 3 is 2.73 bits per heavy atom.